The van der Waals surface area contributed by atoms with Crippen molar-refractivity contribution in [1.82, 2.24) is 5.32 Å². The van der Waals surface area contributed by atoms with E-state index in [1.165, 1.54) is 11.1 Å². The summed E-state index contributed by atoms with van der Waals surface area (Å²) in [6.45, 7) is 1.40. The highest BCUT2D eigenvalue weighted by Gasteiger charge is 2.02. The molecule has 0 aliphatic rings. The molecule has 0 atom stereocenters. The number of nitrogens with two attached hydrogens (primary N) is 1. The third kappa shape index (κ3) is 11.5. The van der Waals surface area contributed by atoms with Crippen LogP contribution in [0.4, 0.5) is 0 Å². The Hall–Kier alpha value is -4.22. The zero-order chi connectivity index (χ0) is 25.1. The number of rotatable bonds is 7. The standard InChI is InChI=1S/C15H15NO.C8H11N.C7H6O2/c17-15(14-9-5-2-6-10-14)16-12-11-13-7-3-1-4-8-13;9-7-6-8-4-2-1-3-5-8;8-7(9)6-4-2-1-3-5-6/h1-10H,11-12H2,(H,16,17);1-5H,6-7,9H2;1-5H,(H,8,9). The van der Waals surface area contributed by atoms with Gasteiger partial charge in [0, 0.05) is 12.1 Å². The fourth-order valence-corrected chi connectivity index (χ4v) is 3.05. The summed E-state index contributed by atoms with van der Waals surface area (Å²) in [5.74, 6) is -0.892. The number of benzene rings is 4. The van der Waals surface area contributed by atoms with E-state index >= 15 is 0 Å². The van der Waals surface area contributed by atoms with Gasteiger partial charge in [0.2, 0.25) is 0 Å². The van der Waals surface area contributed by atoms with Crippen molar-refractivity contribution in [2.75, 3.05) is 13.1 Å². The summed E-state index contributed by atoms with van der Waals surface area (Å²) in [6, 6.07) is 38.0. The maximum atomic E-state index is 11.7. The lowest BCUT2D eigenvalue weighted by molar-refractivity contribution is 0.0696. The smallest absolute Gasteiger partial charge is 0.335 e. The normalized spacial score (nSPS) is 9.51. The Kier molecular flexibility index (Phi) is 12.7. The molecule has 4 aromatic carbocycles. The number of amides is 1. The van der Waals surface area contributed by atoms with Crippen LogP contribution < -0.4 is 11.1 Å². The molecule has 5 nitrogen and oxygen atoms in total. The summed E-state index contributed by atoms with van der Waals surface area (Å²) in [7, 11) is 0. The van der Waals surface area contributed by atoms with E-state index in [-0.39, 0.29) is 5.91 Å². The van der Waals surface area contributed by atoms with Crippen molar-refractivity contribution in [3.63, 3.8) is 0 Å². The largest absolute Gasteiger partial charge is 0.478 e. The summed E-state index contributed by atoms with van der Waals surface area (Å²) < 4.78 is 0. The number of carboxylic acids is 1. The van der Waals surface area contributed by atoms with Crippen molar-refractivity contribution in [2.24, 2.45) is 5.73 Å². The molecule has 5 heteroatoms. The average molecular weight is 469 g/mol. The first-order valence-corrected chi connectivity index (χ1v) is 11.5. The minimum absolute atomic E-state index is 0.0125. The quantitative estimate of drug-likeness (QED) is 0.346. The minimum Gasteiger partial charge on any atom is -0.478 e. The number of hydrogen-bond acceptors (Lipinski definition) is 3. The van der Waals surface area contributed by atoms with E-state index in [4.69, 9.17) is 10.8 Å². The molecule has 4 aromatic rings. The number of hydrogen-bond donors (Lipinski definition) is 3. The van der Waals surface area contributed by atoms with Crippen LogP contribution in [0.3, 0.4) is 0 Å². The van der Waals surface area contributed by atoms with Gasteiger partial charge in [0.1, 0.15) is 0 Å². The fourth-order valence-electron chi connectivity index (χ4n) is 3.05. The van der Waals surface area contributed by atoms with Gasteiger partial charge >= 0.3 is 5.97 Å². The highest BCUT2D eigenvalue weighted by molar-refractivity contribution is 5.94. The van der Waals surface area contributed by atoms with Crippen molar-refractivity contribution < 1.29 is 14.7 Å². The van der Waals surface area contributed by atoms with Gasteiger partial charge in [0.05, 0.1) is 5.56 Å². The highest BCUT2D eigenvalue weighted by Crippen LogP contribution is 2.01. The molecule has 0 saturated heterocycles. The predicted octanol–water partition coefficient (Wildman–Crippen LogP) is 5.23. The summed E-state index contributed by atoms with van der Waals surface area (Å²) in [5.41, 5.74) is 8.96. The van der Waals surface area contributed by atoms with E-state index < -0.39 is 5.97 Å². The molecule has 0 spiro atoms. The van der Waals surface area contributed by atoms with E-state index in [9.17, 15) is 9.59 Å². The van der Waals surface area contributed by atoms with Gasteiger partial charge in [0.15, 0.2) is 0 Å². The second-order valence-corrected chi connectivity index (χ2v) is 7.55. The molecule has 4 N–H and O–H groups in total. The van der Waals surface area contributed by atoms with Crippen LogP contribution in [0.2, 0.25) is 0 Å². The van der Waals surface area contributed by atoms with Crippen LogP contribution >= 0.6 is 0 Å². The lowest BCUT2D eigenvalue weighted by Crippen LogP contribution is -2.25. The lowest BCUT2D eigenvalue weighted by Gasteiger charge is -2.05. The topological polar surface area (TPSA) is 92.4 Å². The monoisotopic (exact) mass is 468 g/mol. The SMILES string of the molecule is NCCc1ccccc1.O=C(NCCc1ccccc1)c1ccccc1.O=C(O)c1ccccc1. The van der Waals surface area contributed by atoms with Gasteiger partial charge in [-0.1, -0.05) is 97.1 Å². The van der Waals surface area contributed by atoms with Crippen LogP contribution in [0.1, 0.15) is 31.8 Å². The van der Waals surface area contributed by atoms with Gasteiger partial charge in [-0.25, -0.2) is 4.79 Å². The Bertz CT molecular complexity index is 1100. The molecule has 0 aliphatic heterocycles. The third-order valence-electron chi connectivity index (χ3n) is 4.87. The molecule has 1 amide bonds. The van der Waals surface area contributed by atoms with E-state index in [2.05, 4.69) is 29.6 Å². The number of carbonyl (C=O) groups excluding carboxylic acids is 1. The maximum Gasteiger partial charge on any atom is 0.335 e. The number of nitrogens with one attached hydrogen (secondary N) is 1. The Morgan fingerprint density at radius 3 is 1.40 bits per heavy atom. The zero-order valence-corrected chi connectivity index (χ0v) is 19.7. The molecule has 180 valence electrons. The summed E-state index contributed by atoms with van der Waals surface area (Å²) in [5, 5.41) is 11.3. The van der Waals surface area contributed by atoms with Crippen LogP contribution in [-0.4, -0.2) is 30.1 Å². The number of aromatic carboxylic acids is 1. The predicted molar refractivity (Wildman–Crippen MR) is 142 cm³/mol. The van der Waals surface area contributed by atoms with Crippen molar-refractivity contribution in [3.05, 3.63) is 144 Å². The molecule has 0 aliphatic carbocycles. The molecule has 0 unspecified atom stereocenters. The third-order valence-corrected chi connectivity index (χ3v) is 4.87. The highest BCUT2D eigenvalue weighted by atomic mass is 16.4. The van der Waals surface area contributed by atoms with Crippen molar-refractivity contribution in [3.8, 4) is 0 Å². The Morgan fingerprint density at radius 2 is 1.00 bits per heavy atom. The first kappa shape index (κ1) is 27.0. The van der Waals surface area contributed by atoms with Crippen molar-refractivity contribution in [1.29, 1.82) is 0 Å². The first-order chi connectivity index (χ1) is 17.1. The van der Waals surface area contributed by atoms with Gasteiger partial charge in [0.25, 0.3) is 5.91 Å². The van der Waals surface area contributed by atoms with E-state index in [0.29, 0.717) is 17.7 Å². The summed E-state index contributed by atoms with van der Waals surface area (Å²) in [4.78, 5) is 21.9. The van der Waals surface area contributed by atoms with Crippen LogP contribution in [0.15, 0.2) is 121 Å². The number of carbonyl (C=O) groups is 2. The fraction of sp³-hybridized carbons (Fsp3) is 0.133. The number of carboxylic acid groups (broad SMARTS) is 1. The maximum absolute atomic E-state index is 11.7. The molecular formula is C30H32N2O3. The van der Waals surface area contributed by atoms with Crippen LogP contribution in [-0.2, 0) is 12.8 Å². The van der Waals surface area contributed by atoms with E-state index in [1.54, 1.807) is 30.3 Å². The molecule has 0 bridgehead atoms. The van der Waals surface area contributed by atoms with Crippen molar-refractivity contribution >= 4 is 11.9 Å². The molecule has 4 rings (SSSR count). The summed E-state index contributed by atoms with van der Waals surface area (Å²) >= 11 is 0. The van der Waals surface area contributed by atoms with Crippen LogP contribution in [0.25, 0.3) is 0 Å². The second-order valence-electron chi connectivity index (χ2n) is 7.55. The van der Waals surface area contributed by atoms with Gasteiger partial charge < -0.3 is 16.2 Å². The molecule has 35 heavy (non-hydrogen) atoms. The van der Waals surface area contributed by atoms with E-state index in [0.717, 1.165) is 19.4 Å². The first-order valence-electron chi connectivity index (χ1n) is 11.5. The Balaban J connectivity index is 0.000000203. The Labute approximate surface area is 207 Å². The average Bonchev–Trinajstić information content (AvgIpc) is 2.92. The Morgan fingerprint density at radius 1 is 0.600 bits per heavy atom. The van der Waals surface area contributed by atoms with Gasteiger partial charge in [-0.05, 0) is 54.8 Å². The molecular weight excluding hydrogens is 436 g/mol. The molecule has 0 saturated carbocycles. The van der Waals surface area contributed by atoms with E-state index in [1.807, 2.05) is 66.7 Å². The molecule has 0 fully saturated rings. The summed E-state index contributed by atoms with van der Waals surface area (Å²) in [6.07, 6.45) is 1.85. The minimum atomic E-state index is -0.879. The molecule has 0 heterocycles. The lowest BCUT2D eigenvalue weighted by atomic mass is 10.1. The van der Waals surface area contributed by atoms with Gasteiger partial charge in [-0.15, -0.1) is 0 Å². The molecule has 0 aromatic heterocycles. The van der Waals surface area contributed by atoms with Gasteiger partial charge in [-0.2, -0.15) is 0 Å². The zero-order valence-electron chi connectivity index (χ0n) is 19.7. The van der Waals surface area contributed by atoms with Gasteiger partial charge in [-0.3, -0.25) is 4.79 Å². The van der Waals surface area contributed by atoms with Crippen molar-refractivity contribution in [2.45, 2.75) is 12.8 Å². The van der Waals surface area contributed by atoms with Crippen LogP contribution in [0.5, 0.6) is 0 Å². The second kappa shape index (κ2) is 16.4. The molecule has 0 radical (unpaired) electrons. The van der Waals surface area contributed by atoms with Crippen LogP contribution in [0, 0.1) is 0 Å².